The summed E-state index contributed by atoms with van der Waals surface area (Å²) in [6.45, 7) is 2.60. The number of hydrogen-bond acceptors (Lipinski definition) is 6. The lowest BCUT2D eigenvalue weighted by atomic mass is 10.00. The van der Waals surface area contributed by atoms with E-state index in [9.17, 15) is 9.59 Å². The molecule has 1 N–H and O–H groups in total. The lowest BCUT2D eigenvalue weighted by molar-refractivity contribution is -0.139. The zero-order chi connectivity index (χ0) is 25.3. The smallest absolute Gasteiger partial charge is 0.325 e. The van der Waals surface area contributed by atoms with Crippen LogP contribution in [0.25, 0.3) is 5.57 Å². The molecule has 0 fully saturated rings. The quantitative estimate of drug-likeness (QED) is 0.431. The van der Waals surface area contributed by atoms with E-state index < -0.39 is 11.9 Å². The molecule has 0 atom stereocenters. The number of nitrogens with zero attached hydrogens (tertiary/aromatic N) is 2. The van der Waals surface area contributed by atoms with Gasteiger partial charge in [-0.05, 0) is 46.9 Å². The van der Waals surface area contributed by atoms with Crippen LogP contribution in [-0.4, -0.2) is 48.5 Å². The predicted molar refractivity (Wildman–Crippen MR) is 139 cm³/mol. The number of esters is 1. The first-order valence-electron chi connectivity index (χ1n) is 11.7. The summed E-state index contributed by atoms with van der Waals surface area (Å²) in [5.74, 6) is -0.674. The van der Waals surface area contributed by atoms with Crippen LogP contribution in [0, 0.1) is 0 Å². The maximum Gasteiger partial charge on any atom is 0.325 e. The Kier molecular flexibility index (Phi) is 8.71. The third-order valence-corrected chi connectivity index (χ3v) is 6.16. The standard InChI is InChI=1S/C28H28ClN3O4/c1-35-26(33)17-31-28(34)27-25(36-19-21-5-3-2-4-6-21)15-23(16-30-27)22-11-13-32(14-12-22)18-20-7-9-24(29)10-8-20/h2-11,15-16H,12-14,17-19H2,1H3,(H,31,34). The third kappa shape index (κ3) is 6.93. The normalized spacial score (nSPS) is 13.6. The van der Waals surface area contributed by atoms with Crippen molar-refractivity contribution < 1.29 is 19.1 Å². The maximum atomic E-state index is 12.7. The Morgan fingerprint density at radius 2 is 1.86 bits per heavy atom. The van der Waals surface area contributed by atoms with E-state index in [2.05, 4.69) is 26.0 Å². The predicted octanol–water partition coefficient (Wildman–Crippen LogP) is 4.51. The van der Waals surface area contributed by atoms with Crippen LogP contribution in [0.15, 0.2) is 72.9 Å². The zero-order valence-electron chi connectivity index (χ0n) is 20.1. The molecule has 8 heteroatoms. The number of amides is 1. The van der Waals surface area contributed by atoms with E-state index in [1.807, 2.05) is 60.7 Å². The fourth-order valence-electron chi connectivity index (χ4n) is 3.91. The largest absolute Gasteiger partial charge is 0.486 e. The van der Waals surface area contributed by atoms with Gasteiger partial charge in [0.2, 0.25) is 0 Å². The zero-order valence-corrected chi connectivity index (χ0v) is 20.8. The van der Waals surface area contributed by atoms with E-state index in [0.717, 1.165) is 47.8 Å². The summed E-state index contributed by atoms with van der Waals surface area (Å²) in [6.07, 6.45) is 4.72. The molecular formula is C28H28ClN3O4. The highest BCUT2D eigenvalue weighted by molar-refractivity contribution is 6.30. The second-order valence-electron chi connectivity index (χ2n) is 8.44. The molecule has 0 saturated heterocycles. The van der Waals surface area contributed by atoms with E-state index in [-0.39, 0.29) is 18.8 Å². The fourth-order valence-corrected chi connectivity index (χ4v) is 4.04. The summed E-state index contributed by atoms with van der Waals surface area (Å²) in [5.41, 5.74) is 4.38. The molecule has 0 spiro atoms. The number of rotatable bonds is 9. The van der Waals surface area contributed by atoms with Gasteiger partial charge in [0.15, 0.2) is 11.4 Å². The summed E-state index contributed by atoms with van der Waals surface area (Å²) in [7, 11) is 1.27. The summed E-state index contributed by atoms with van der Waals surface area (Å²) in [6, 6.07) is 19.5. The lowest BCUT2D eigenvalue weighted by Crippen LogP contribution is -2.31. The van der Waals surface area contributed by atoms with Crippen molar-refractivity contribution in [2.45, 2.75) is 19.6 Å². The molecule has 1 aliphatic rings. The van der Waals surface area contributed by atoms with Crippen molar-refractivity contribution in [3.05, 3.63) is 100 Å². The van der Waals surface area contributed by atoms with E-state index in [4.69, 9.17) is 16.3 Å². The minimum Gasteiger partial charge on any atom is -0.486 e. The molecule has 0 saturated carbocycles. The highest BCUT2D eigenvalue weighted by Gasteiger charge is 2.20. The Morgan fingerprint density at radius 1 is 1.08 bits per heavy atom. The van der Waals surface area contributed by atoms with Gasteiger partial charge >= 0.3 is 5.97 Å². The molecule has 2 heterocycles. The van der Waals surface area contributed by atoms with Crippen molar-refractivity contribution >= 4 is 29.1 Å². The fraction of sp³-hybridized carbons (Fsp3) is 0.250. The van der Waals surface area contributed by atoms with E-state index >= 15 is 0 Å². The van der Waals surface area contributed by atoms with Gasteiger partial charge in [0, 0.05) is 30.9 Å². The van der Waals surface area contributed by atoms with Crippen molar-refractivity contribution in [1.82, 2.24) is 15.2 Å². The summed E-state index contributed by atoms with van der Waals surface area (Å²) >= 11 is 6.00. The minimum absolute atomic E-state index is 0.124. The van der Waals surface area contributed by atoms with Crippen LogP contribution in [0.1, 0.15) is 33.6 Å². The van der Waals surface area contributed by atoms with Gasteiger partial charge in [0.1, 0.15) is 13.2 Å². The van der Waals surface area contributed by atoms with Crippen LogP contribution in [0.5, 0.6) is 5.75 Å². The van der Waals surface area contributed by atoms with Crippen molar-refractivity contribution in [2.75, 3.05) is 26.7 Å². The second kappa shape index (κ2) is 12.3. The SMILES string of the molecule is COC(=O)CNC(=O)c1ncc(C2=CCN(Cc3ccc(Cl)cc3)CC2)cc1OCc1ccccc1. The number of carbonyl (C=O) groups is 2. The Morgan fingerprint density at radius 3 is 2.56 bits per heavy atom. The van der Waals surface area contributed by atoms with Gasteiger partial charge in [-0.25, -0.2) is 4.98 Å². The molecule has 1 aromatic heterocycles. The van der Waals surface area contributed by atoms with Crippen molar-refractivity contribution in [3.8, 4) is 5.75 Å². The van der Waals surface area contributed by atoms with E-state index in [1.165, 1.54) is 12.7 Å². The molecule has 36 heavy (non-hydrogen) atoms. The van der Waals surface area contributed by atoms with Gasteiger partial charge in [0.25, 0.3) is 5.91 Å². The molecular weight excluding hydrogens is 478 g/mol. The number of halogens is 1. The summed E-state index contributed by atoms with van der Waals surface area (Å²) in [4.78, 5) is 31.0. The Hall–Kier alpha value is -3.68. The Bertz CT molecular complexity index is 1230. The van der Waals surface area contributed by atoms with Crippen LogP contribution in [0.2, 0.25) is 5.02 Å². The van der Waals surface area contributed by atoms with Crippen molar-refractivity contribution in [2.24, 2.45) is 0 Å². The number of aromatic nitrogens is 1. The highest BCUT2D eigenvalue weighted by atomic mass is 35.5. The van der Waals surface area contributed by atoms with Gasteiger partial charge < -0.3 is 14.8 Å². The van der Waals surface area contributed by atoms with Gasteiger partial charge in [-0.2, -0.15) is 0 Å². The molecule has 2 aromatic carbocycles. The first kappa shape index (κ1) is 25.4. The average Bonchev–Trinajstić information content (AvgIpc) is 2.92. The molecule has 0 aliphatic carbocycles. The molecule has 0 unspecified atom stereocenters. The van der Waals surface area contributed by atoms with Crippen molar-refractivity contribution in [1.29, 1.82) is 0 Å². The summed E-state index contributed by atoms with van der Waals surface area (Å²) < 4.78 is 10.6. The second-order valence-corrected chi connectivity index (χ2v) is 8.88. The first-order chi connectivity index (χ1) is 17.5. The average molecular weight is 506 g/mol. The highest BCUT2D eigenvalue weighted by Crippen LogP contribution is 2.28. The minimum atomic E-state index is -0.540. The summed E-state index contributed by atoms with van der Waals surface area (Å²) in [5, 5.41) is 3.27. The third-order valence-electron chi connectivity index (χ3n) is 5.91. The van der Waals surface area contributed by atoms with Crippen molar-refractivity contribution in [3.63, 3.8) is 0 Å². The van der Waals surface area contributed by atoms with Gasteiger partial charge in [-0.1, -0.05) is 60.1 Å². The molecule has 0 bridgehead atoms. The molecule has 186 valence electrons. The van der Waals surface area contributed by atoms with Crippen LogP contribution < -0.4 is 10.1 Å². The van der Waals surface area contributed by atoms with Gasteiger partial charge in [-0.3, -0.25) is 14.5 Å². The number of ether oxygens (including phenoxy) is 2. The number of methoxy groups -OCH3 is 1. The number of benzene rings is 2. The van der Waals surface area contributed by atoms with Gasteiger partial charge in [-0.15, -0.1) is 0 Å². The van der Waals surface area contributed by atoms with E-state index in [0.29, 0.717) is 5.75 Å². The van der Waals surface area contributed by atoms with E-state index in [1.54, 1.807) is 6.20 Å². The van der Waals surface area contributed by atoms with Crippen LogP contribution in [0.3, 0.4) is 0 Å². The molecule has 0 radical (unpaired) electrons. The Balaban J connectivity index is 1.49. The molecule has 1 amide bonds. The van der Waals surface area contributed by atoms with Crippen LogP contribution in [0.4, 0.5) is 0 Å². The molecule has 7 nitrogen and oxygen atoms in total. The molecule has 1 aliphatic heterocycles. The lowest BCUT2D eigenvalue weighted by Gasteiger charge is -2.26. The number of hydrogen-bond donors (Lipinski definition) is 1. The van der Waals surface area contributed by atoms with Crippen LogP contribution >= 0.6 is 11.6 Å². The molecule has 4 rings (SSSR count). The Labute approximate surface area is 215 Å². The number of nitrogens with one attached hydrogen (secondary N) is 1. The first-order valence-corrected chi connectivity index (χ1v) is 12.1. The molecule has 3 aromatic rings. The monoisotopic (exact) mass is 505 g/mol. The van der Waals surface area contributed by atoms with Gasteiger partial charge in [0.05, 0.1) is 7.11 Å². The maximum absolute atomic E-state index is 12.7. The number of pyridine rings is 1. The number of carbonyl (C=O) groups excluding carboxylic acids is 2. The van der Waals surface area contributed by atoms with Crippen LogP contribution in [-0.2, 0) is 22.7 Å². The topological polar surface area (TPSA) is 80.8 Å².